The summed E-state index contributed by atoms with van der Waals surface area (Å²) in [6, 6.07) is 8.66. The van der Waals surface area contributed by atoms with E-state index in [4.69, 9.17) is 4.42 Å². The SMILES string of the molecule is Cc1cc2cccc(C3CCNCC3C)c2o1. The number of aryl methyl sites for hydroxylation is 1. The van der Waals surface area contributed by atoms with Gasteiger partial charge in [0.2, 0.25) is 0 Å². The van der Waals surface area contributed by atoms with E-state index in [0.717, 1.165) is 24.4 Å². The summed E-state index contributed by atoms with van der Waals surface area (Å²) in [6.07, 6.45) is 1.21. The van der Waals surface area contributed by atoms with Crippen LogP contribution >= 0.6 is 0 Å². The van der Waals surface area contributed by atoms with Crippen LogP contribution in [-0.4, -0.2) is 13.1 Å². The fourth-order valence-corrected chi connectivity index (χ4v) is 2.98. The fraction of sp³-hybridized carbons (Fsp3) is 0.467. The first-order valence-corrected chi connectivity index (χ1v) is 6.45. The quantitative estimate of drug-likeness (QED) is 0.810. The maximum atomic E-state index is 5.88. The lowest BCUT2D eigenvalue weighted by molar-refractivity contribution is 0.348. The Kier molecular flexibility index (Phi) is 2.67. The summed E-state index contributed by atoms with van der Waals surface area (Å²) < 4.78 is 5.88. The molecule has 17 heavy (non-hydrogen) atoms. The predicted molar refractivity (Wildman–Crippen MR) is 70.3 cm³/mol. The summed E-state index contributed by atoms with van der Waals surface area (Å²) in [5.74, 6) is 2.32. The molecule has 2 nitrogen and oxygen atoms in total. The van der Waals surface area contributed by atoms with Crippen molar-refractivity contribution < 1.29 is 4.42 Å². The van der Waals surface area contributed by atoms with Crippen LogP contribution in [-0.2, 0) is 0 Å². The van der Waals surface area contributed by atoms with Gasteiger partial charge in [0.25, 0.3) is 0 Å². The molecule has 1 aliphatic rings. The number of nitrogens with one attached hydrogen (secondary N) is 1. The van der Waals surface area contributed by atoms with Gasteiger partial charge < -0.3 is 9.73 Å². The van der Waals surface area contributed by atoms with Crippen molar-refractivity contribution >= 4 is 11.0 Å². The molecule has 0 radical (unpaired) electrons. The molecule has 2 heteroatoms. The van der Waals surface area contributed by atoms with Gasteiger partial charge in [-0.2, -0.15) is 0 Å². The summed E-state index contributed by atoms with van der Waals surface area (Å²) >= 11 is 0. The minimum absolute atomic E-state index is 0.630. The Hall–Kier alpha value is -1.28. The molecule has 2 unspecified atom stereocenters. The minimum Gasteiger partial charge on any atom is -0.461 e. The van der Waals surface area contributed by atoms with Gasteiger partial charge in [0, 0.05) is 5.39 Å². The highest BCUT2D eigenvalue weighted by atomic mass is 16.3. The van der Waals surface area contributed by atoms with Gasteiger partial charge >= 0.3 is 0 Å². The third-order valence-corrected chi connectivity index (χ3v) is 3.88. The normalized spacial score (nSPS) is 25.3. The molecular formula is C15H19NO. The van der Waals surface area contributed by atoms with Crippen molar-refractivity contribution in [3.05, 3.63) is 35.6 Å². The third-order valence-electron chi connectivity index (χ3n) is 3.88. The molecule has 0 amide bonds. The molecule has 0 spiro atoms. The van der Waals surface area contributed by atoms with Gasteiger partial charge in [-0.3, -0.25) is 0 Å². The second-order valence-electron chi connectivity index (χ2n) is 5.20. The second kappa shape index (κ2) is 4.19. The van der Waals surface area contributed by atoms with E-state index in [2.05, 4.69) is 36.5 Å². The molecule has 90 valence electrons. The number of hydrogen-bond donors (Lipinski definition) is 1. The van der Waals surface area contributed by atoms with Crippen LogP contribution in [0.15, 0.2) is 28.7 Å². The Labute approximate surface area is 102 Å². The van der Waals surface area contributed by atoms with E-state index in [-0.39, 0.29) is 0 Å². The van der Waals surface area contributed by atoms with Crippen molar-refractivity contribution in [1.82, 2.24) is 5.32 Å². The van der Waals surface area contributed by atoms with Crippen LogP contribution in [0.5, 0.6) is 0 Å². The van der Waals surface area contributed by atoms with Gasteiger partial charge in [0.1, 0.15) is 11.3 Å². The van der Waals surface area contributed by atoms with E-state index >= 15 is 0 Å². The van der Waals surface area contributed by atoms with E-state index in [9.17, 15) is 0 Å². The summed E-state index contributed by atoms with van der Waals surface area (Å²) in [4.78, 5) is 0. The lowest BCUT2D eigenvalue weighted by Crippen LogP contribution is -2.33. The topological polar surface area (TPSA) is 25.2 Å². The van der Waals surface area contributed by atoms with Gasteiger partial charge in [-0.15, -0.1) is 0 Å². The van der Waals surface area contributed by atoms with Crippen molar-refractivity contribution in [3.63, 3.8) is 0 Å². The molecule has 1 saturated heterocycles. The van der Waals surface area contributed by atoms with Crippen LogP contribution in [0.4, 0.5) is 0 Å². The molecule has 0 bridgehead atoms. The number of hydrogen-bond acceptors (Lipinski definition) is 2. The van der Waals surface area contributed by atoms with Gasteiger partial charge in [0.15, 0.2) is 0 Å². The highest BCUT2D eigenvalue weighted by Crippen LogP contribution is 2.35. The Morgan fingerprint density at radius 1 is 1.35 bits per heavy atom. The molecule has 0 saturated carbocycles. The molecule has 0 aliphatic carbocycles. The second-order valence-corrected chi connectivity index (χ2v) is 5.20. The number of rotatable bonds is 1. The summed E-state index contributed by atoms with van der Waals surface area (Å²) in [6.45, 7) is 6.58. The zero-order valence-electron chi connectivity index (χ0n) is 10.5. The lowest BCUT2D eigenvalue weighted by atomic mass is 9.82. The Balaban J connectivity index is 2.09. The maximum absolute atomic E-state index is 5.88. The molecular weight excluding hydrogens is 210 g/mol. The minimum atomic E-state index is 0.630. The lowest BCUT2D eigenvalue weighted by Gasteiger charge is -2.29. The number of fused-ring (bicyclic) bond motifs is 1. The van der Waals surface area contributed by atoms with Gasteiger partial charge in [-0.05, 0) is 49.9 Å². The van der Waals surface area contributed by atoms with Crippen molar-refractivity contribution in [2.45, 2.75) is 26.2 Å². The smallest absolute Gasteiger partial charge is 0.137 e. The molecule has 1 aromatic heterocycles. The number of piperidine rings is 1. The first kappa shape index (κ1) is 10.8. The fourth-order valence-electron chi connectivity index (χ4n) is 2.98. The highest BCUT2D eigenvalue weighted by Gasteiger charge is 2.25. The first-order chi connectivity index (χ1) is 8.25. The van der Waals surface area contributed by atoms with E-state index in [1.165, 1.54) is 17.4 Å². The third kappa shape index (κ3) is 1.87. The standard InChI is InChI=1S/C15H19NO/c1-10-9-16-7-6-13(10)14-5-3-4-12-8-11(2)17-15(12)14/h3-5,8,10,13,16H,6-7,9H2,1-2H3. The van der Waals surface area contributed by atoms with Crippen LogP contribution in [0.2, 0.25) is 0 Å². The average Bonchev–Trinajstić information content (AvgIpc) is 2.70. The van der Waals surface area contributed by atoms with Crippen molar-refractivity contribution in [2.24, 2.45) is 5.92 Å². The predicted octanol–water partition coefficient (Wildman–Crippen LogP) is 3.45. The van der Waals surface area contributed by atoms with E-state index in [1.54, 1.807) is 0 Å². The van der Waals surface area contributed by atoms with Crippen LogP contribution in [0.1, 0.15) is 30.6 Å². The van der Waals surface area contributed by atoms with Crippen LogP contribution in [0, 0.1) is 12.8 Å². The first-order valence-electron chi connectivity index (χ1n) is 6.45. The molecule has 1 aliphatic heterocycles. The van der Waals surface area contributed by atoms with E-state index < -0.39 is 0 Å². The van der Waals surface area contributed by atoms with Gasteiger partial charge in [-0.1, -0.05) is 25.1 Å². The maximum Gasteiger partial charge on any atom is 0.137 e. The van der Waals surface area contributed by atoms with Crippen LogP contribution < -0.4 is 5.32 Å². The number of furan rings is 1. The molecule has 2 aromatic rings. The van der Waals surface area contributed by atoms with Crippen LogP contribution in [0.3, 0.4) is 0 Å². The molecule has 2 atom stereocenters. The molecule has 1 aromatic carbocycles. The average molecular weight is 229 g/mol. The van der Waals surface area contributed by atoms with Crippen molar-refractivity contribution in [1.29, 1.82) is 0 Å². The van der Waals surface area contributed by atoms with E-state index in [1.807, 2.05) is 6.92 Å². The number of benzene rings is 1. The highest BCUT2D eigenvalue weighted by molar-refractivity contribution is 5.81. The Morgan fingerprint density at radius 2 is 2.24 bits per heavy atom. The Bertz CT molecular complexity index is 529. The van der Waals surface area contributed by atoms with Crippen LogP contribution in [0.25, 0.3) is 11.0 Å². The molecule has 1 fully saturated rings. The molecule has 2 heterocycles. The number of para-hydroxylation sites is 1. The zero-order valence-corrected chi connectivity index (χ0v) is 10.5. The van der Waals surface area contributed by atoms with Crippen molar-refractivity contribution in [2.75, 3.05) is 13.1 Å². The van der Waals surface area contributed by atoms with Gasteiger partial charge in [-0.25, -0.2) is 0 Å². The zero-order chi connectivity index (χ0) is 11.8. The summed E-state index contributed by atoms with van der Waals surface area (Å²) in [5.41, 5.74) is 2.49. The van der Waals surface area contributed by atoms with E-state index in [0.29, 0.717) is 11.8 Å². The molecule has 1 N–H and O–H groups in total. The monoisotopic (exact) mass is 229 g/mol. The summed E-state index contributed by atoms with van der Waals surface area (Å²) in [5, 5.41) is 4.70. The summed E-state index contributed by atoms with van der Waals surface area (Å²) in [7, 11) is 0. The Morgan fingerprint density at radius 3 is 3.06 bits per heavy atom. The largest absolute Gasteiger partial charge is 0.461 e. The van der Waals surface area contributed by atoms with Crippen molar-refractivity contribution in [3.8, 4) is 0 Å². The molecule has 3 rings (SSSR count). The van der Waals surface area contributed by atoms with Gasteiger partial charge in [0.05, 0.1) is 0 Å².